The maximum Gasteiger partial charge on any atom is 0.0458 e. The minimum absolute atomic E-state index is 0.236. The Morgan fingerprint density at radius 3 is 2.35 bits per heavy atom. The van der Waals surface area contributed by atoms with Gasteiger partial charge in [0.25, 0.3) is 0 Å². The largest absolute Gasteiger partial charge is 0.312 e. The van der Waals surface area contributed by atoms with Gasteiger partial charge in [-0.05, 0) is 72.5 Å². The van der Waals surface area contributed by atoms with Crippen molar-refractivity contribution < 1.29 is 0 Å². The molecule has 2 aliphatic rings. The van der Waals surface area contributed by atoms with Crippen molar-refractivity contribution in [2.45, 2.75) is 83.2 Å². The summed E-state index contributed by atoms with van der Waals surface area (Å²) in [6.45, 7) is 7.44. The smallest absolute Gasteiger partial charge is 0.0458 e. The van der Waals surface area contributed by atoms with Crippen LogP contribution in [0.25, 0.3) is 0 Å². The maximum atomic E-state index is 3.65. The van der Waals surface area contributed by atoms with Crippen LogP contribution >= 0.6 is 0 Å². The van der Waals surface area contributed by atoms with E-state index >= 15 is 0 Å². The molecule has 0 aromatic heterocycles. The van der Waals surface area contributed by atoms with Crippen LogP contribution in [0, 0.1) is 0 Å². The second kappa shape index (κ2) is 7.61. The number of hydrogen-bond donors (Lipinski definition) is 1. The molecule has 1 heterocycles. The second-order valence-corrected chi connectivity index (χ2v) is 7.15. The lowest BCUT2D eigenvalue weighted by Crippen LogP contribution is -2.59. The van der Waals surface area contributed by atoms with Crippen molar-refractivity contribution in [3.63, 3.8) is 0 Å². The molecule has 1 saturated heterocycles. The summed E-state index contributed by atoms with van der Waals surface area (Å²) in [5.74, 6) is 0. The molecule has 1 N–H and O–H groups in total. The molecular weight excluding hydrogens is 244 g/mol. The number of nitrogens with zero attached hydrogens (tertiary/aromatic N) is 1. The van der Waals surface area contributed by atoms with Gasteiger partial charge in [-0.1, -0.05) is 30.9 Å². The molecule has 1 fully saturated rings. The summed E-state index contributed by atoms with van der Waals surface area (Å²) in [6, 6.07) is 0.513. The van der Waals surface area contributed by atoms with Gasteiger partial charge < -0.3 is 5.32 Å². The molecule has 0 saturated carbocycles. The third kappa shape index (κ3) is 3.85. The van der Waals surface area contributed by atoms with Gasteiger partial charge in [-0.15, -0.1) is 0 Å². The van der Waals surface area contributed by atoms with Gasteiger partial charge in [0.2, 0.25) is 0 Å². The van der Waals surface area contributed by atoms with Crippen molar-refractivity contribution in [3.05, 3.63) is 11.6 Å². The third-order valence-electron chi connectivity index (χ3n) is 5.36. The molecule has 2 rings (SSSR count). The average molecular weight is 278 g/mol. The summed E-state index contributed by atoms with van der Waals surface area (Å²) in [4.78, 5) is 2.72. The van der Waals surface area contributed by atoms with E-state index in [0.29, 0.717) is 6.04 Å². The highest BCUT2D eigenvalue weighted by Gasteiger charge is 2.36. The Hall–Kier alpha value is -0.340. The fourth-order valence-electron chi connectivity index (χ4n) is 4.12. The minimum atomic E-state index is 0.236. The molecule has 1 aliphatic carbocycles. The highest BCUT2D eigenvalue weighted by Crippen LogP contribution is 2.30. The van der Waals surface area contributed by atoms with Crippen LogP contribution < -0.4 is 5.32 Å². The molecule has 0 amide bonds. The van der Waals surface area contributed by atoms with Crippen LogP contribution in [0.3, 0.4) is 0 Å². The number of allylic oxidation sites excluding steroid dienone is 1. The predicted molar refractivity (Wildman–Crippen MR) is 88.1 cm³/mol. The first kappa shape index (κ1) is 16.0. The Morgan fingerprint density at radius 1 is 1.00 bits per heavy atom. The van der Waals surface area contributed by atoms with Gasteiger partial charge in [0.15, 0.2) is 0 Å². The zero-order valence-corrected chi connectivity index (χ0v) is 13.9. The molecule has 0 radical (unpaired) electrons. The number of likely N-dealkylation sites (N-methyl/N-ethyl adjacent to an activating group) is 1. The van der Waals surface area contributed by atoms with Gasteiger partial charge in [0.1, 0.15) is 0 Å². The van der Waals surface area contributed by atoms with Crippen LogP contribution in [-0.2, 0) is 0 Å². The topological polar surface area (TPSA) is 15.3 Å². The van der Waals surface area contributed by atoms with E-state index in [9.17, 15) is 0 Å². The lowest BCUT2D eigenvalue weighted by atomic mass is 9.82. The molecule has 1 aliphatic heterocycles. The summed E-state index contributed by atoms with van der Waals surface area (Å²) in [5.41, 5.74) is 1.91. The highest BCUT2D eigenvalue weighted by molar-refractivity contribution is 5.18. The van der Waals surface area contributed by atoms with E-state index in [0.717, 1.165) is 0 Å². The zero-order chi connectivity index (χ0) is 14.4. The van der Waals surface area contributed by atoms with Crippen molar-refractivity contribution in [3.8, 4) is 0 Å². The van der Waals surface area contributed by atoms with Gasteiger partial charge in [0, 0.05) is 11.6 Å². The Kier molecular flexibility index (Phi) is 6.10. The van der Waals surface area contributed by atoms with E-state index < -0.39 is 0 Å². The standard InChI is InChI=1S/C18H34N2/c1-18(2,20-14-10-7-11-15-20)17(19-3)16-12-8-5-4-6-9-13-16/h12,17,19H,4-11,13-15H2,1-3H3. The van der Waals surface area contributed by atoms with E-state index in [1.165, 1.54) is 70.9 Å². The molecular formula is C18H34N2. The van der Waals surface area contributed by atoms with E-state index in [4.69, 9.17) is 0 Å². The maximum absolute atomic E-state index is 3.65. The van der Waals surface area contributed by atoms with Crippen LogP contribution in [0.5, 0.6) is 0 Å². The number of nitrogens with one attached hydrogen (secondary N) is 1. The Labute approximate surface area is 126 Å². The molecule has 0 aromatic rings. The van der Waals surface area contributed by atoms with Gasteiger partial charge in [-0.3, -0.25) is 4.90 Å². The number of likely N-dealkylation sites (tertiary alicyclic amines) is 1. The molecule has 0 bridgehead atoms. The molecule has 2 heteroatoms. The first-order valence-electron chi connectivity index (χ1n) is 8.77. The fourth-order valence-corrected chi connectivity index (χ4v) is 4.12. The highest BCUT2D eigenvalue weighted by atomic mass is 15.2. The van der Waals surface area contributed by atoms with Crippen LogP contribution in [0.15, 0.2) is 11.6 Å². The van der Waals surface area contributed by atoms with Crippen molar-refractivity contribution in [2.75, 3.05) is 20.1 Å². The van der Waals surface area contributed by atoms with Crippen LogP contribution in [0.4, 0.5) is 0 Å². The monoisotopic (exact) mass is 278 g/mol. The van der Waals surface area contributed by atoms with E-state index in [1.807, 2.05) is 0 Å². The molecule has 1 unspecified atom stereocenters. The molecule has 1 atom stereocenters. The van der Waals surface area contributed by atoms with Gasteiger partial charge in [0.05, 0.1) is 0 Å². The minimum Gasteiger partial charge on any atom is -0.312 e. The summed E-state index contributed by atoms with van der Waals surface area (Å²) in [7, 11) is 2.15. The van der Waals surface area contributed by atoms with Crippen molar-refractivity contribution in [1.82, 2.24) is 10.2 Å². The molecule has 0 spiro atoms. The summed E-state index contributed by atoms with van der Waals surface area (Å²) in [6.07, 6.45) is 14.9. The van der Waals surface area contributed by atoms with Gasteiger partial charge in [-0.25, -0.2) is 0 Å². The zero-order valence-electron chi connectivity index (χ0n) is 13.9. The summed E-state index contributed by atoms with van der Waals surface area (Å²) < 4.78 is 0. The third-order valence-corrected chi connectivity index (χ3v) is 5.36. The second-order valence-electron chi connectivity index (χ2n) is 7.15. The van der Waals surface area contributed by atoms with Crippen molar-refractivity contribution in [2.24, 2.45) is 0 Å². The van der Waals surface area contributed by atoms with Crippen LogP contribution in [-0.4, -0.2) is 36.6 Å². The van der Waals surface area contributed by atoms with Crippen molar-refractivity contribution >= 4 is 0 Å². The quantitative estimate of drug-likeness (QED) is 0.778. The Bertz CT molecular complexity index is 313. The lowest BCUT2D eigenvalue weighted by Gasteiger charge is -2.47. The van der Waals surface area contributed by atoms with E-state index in [1.54, 1.807) is 5.57 Å². The predicted octanol–water partition coefficient (Wildman–Crippen LogP) is 4.12. The molecule has 2 nitrogen and oxygen atoms in total. The Balaban J connectivity index is 2.11. The first-order chi connectivity index (χ1) is 9.66. The average Bonchev–Trinajstić information content (AvgIpc) is 2.42. The molecule has 20 heavy (non-hydrogen) atoms. The molecule has 116 valence electrons. The Morgan fingerprint density at radius 2 is 1.65 bits per heavy atom. The SMILES string of the molecule is CNC(C1=CCCCCCC1)C(C)(C)N1CCCCC1. The normalized spacial score (nSPS) is 24.6. The summed E-state index contributed by atoms with van der Waals surface area (Å²) in [5, 5.41) is 3.65. The van der Waals surface area contributed by atoms with E-state index in [-0.39, 0.29) is 5.54 Å². The van der Waals surface area contributed by atoms with Gasteiger partial charge in [-0.2, -0.15) is 0 Å². The number of rotatable bonds is 4. The van der Waals surface area contributed by atoms with Gasteiger partial charge >= 0.3 is 0 Å². The van der Waals surface area contributed by atoms with E-state index in [2.05, 4.69) is 37.2 Å². The first-order valence-corrected chi connectivity index (χ1v) is 8.77. The molecule has 0 aromatic carbocycles. The number of hydrogen-bond acceptors (Lipinski definition) is 2. The van der Waals surface area contributed by atoms with Crippen LogP contribution in [0.1, 0.15) is 71.6 Å². The summed E-state index contributed by atoms with van der Waals surface area (Å²) >= 11 is 0. The number of piperidine rings is 1. The van der Waals surface area contributed by atoms with Crippen molar-refractivity contribution in [1.29, 1.82) is 0 Å². The fraction of sp³-hybridized carbons (Fsp3) is 0.889. The van der Waals surface area contributed by atoms with Crippen LogP contribution in [0.2, 0.25) is 0 Å². The lowest BCUT2D eigenvalue weighted by molar-refractivity contribution is 0.0726.